The molecule has 150 valence electrons. The lowest BCUT2D eigenvalue weighted by Gasteiger charge is -2.07. The molecule has 2 aromatic heterocycles. The van der Waals surface area contributed by atoms with Crippen molar-refractivity contribution in [1.82, 2.24) is 4.98 Å². The summed E-state index contributed by atoms with van der Waals surface area (Å²) in [5.74, 6) is 0.678. The smallest absolute Gasteiger partial charge is 0.267 e. The SMILES string of the molecule is COc1ccc(C)cc1-c1csc(NC(=O)c2sc(NC(=O)C3CC3)cc2C)n1. The number of hydrogen-bond acceptors (Lipinski definition) is 6. The molecule has 4 rings (SSSR count). The maximum atomic E-state index is 12.7. The van der Waals surface area contributed by atoms with Crippen molar-refractivity contribution in [1.29, 1.82) is 0 Å². The highest BCUT2D eigenvalue weighted by atomic mass is 32.1. The molecule has 0 radical (unpaired) electrons. The summed E-state index contributed by atoms with van der Waals surface area (Å²) in [6.45, 7) is 3.88. The molecule has 0 saturated heterocycles. The van der Waals surface area contributed by atoms with E-state index in [9.17, 15) is 9.59 Å². The van der Waals surface area contributed by atoms with Gasteiger partial charge in [0.25, 0.3) is 5.91 Å². The number of anilines is 2. The maximum absolute atomic E-state index is 12.7. The molecule has 1 aliphatic rings. The molecule has 1 aliphatic carbocycles. The average Bonchev–Trinajstić information content (AvgIpc) is 3.34. The van der Waals surface area contributed by atoms with Gasteiger partial charge in [-0.3, -0.25) is 14.9 Å². The van der Waals surface area contributed by atoms with E-state index in [4.69, 9.17) is 4.74 Å². The Balaban J connectivity index is 1.49. The number of aryl methyl sites for hydroxylation is 2. The van der Waals surface area contributed by atoms with E-state index in [1.165, 1.54) is 22.7 Å². The molecule has 0 spiro atoms. The van der Waals surface area contributed by atoms with Crippen LogP contribution in [0.3, 0.4) is 0 Å². The summed E-state index contributed by atoms with van der Waals surface area (Å²) in [7, 11) is 1.63. The molecule has 6 nitrogen and oxygen atoms in total. The van der Waals surface area contributed by atoms with Crippen LogP contribution in [0.5, 0.6) is 5.75 Å². The summed E-state index contributed by atoms with van der Waals surface area (Å²) in [5.41, 5.74) is 3.58. The van der Waals surface area contributed by atoms with E-state index in [0.29, 0.717) is 15.0 Å². The van der Waals surface area contributed by atoms with Crippen LogP contribution in [0.2, 0.25) is 0 Å². The number of aromatic nitrogens is 1. The Labute approximate surface area is 176 Å². The van der Waals surface area contributed by atoms with Crippen LogP contribution in [0.1, 0.15) is 33.6 Å². The second-order valence-electron chi connectivity index (χ2n) is 7.08. The van der Waals surface area contributed by atoms with Gasteiger partial charge in [0, 0.05) is 16.9 Å². The van der Waals surface area contributed by atoms with Crippen LogP contribution in [0.4, 0.5) is 10.1 Å². The largest absolute Gasteiger partial charge is 0.496 e. The molecule has 0 bridgehead atoms. The Morgan fingerprint density at radius 3 is 2.69 bits per heavy atom. The van der Waals surface area contributed by atoms with Crippen molar-refractivity contribution in [2.45, 2.75) is 26.7 Å². The molecule has 0 atom stereocenters. The quantitative estimate of drug-likeness (QED) is 0.574. The number of rotatable bonds is 6. The molecule has 1 saturated carbocycles. The number of thiophene rings is 1. The van der Waals surface area contributed by atoms with Crippen LogP contribution in [0.25, 0.3) is 11.3 Å². The molecule has 8 heteroatoms. The normalized spacial score (nSPS) is 13.2. The van der Waals surface area contributed by atoms with Crippen LogP contribution in [0.15, 0.2) is 29.6 Å². The van der Waals surface area contributed by atoms with E-state index in [1.54, 1.807) is 7.11 Å². The zero-order valence-corrected chi connectivity index (χ0v) is 18.0. The maximum Gasteiger partial charge on any atom is 0.267 e. The van der Waals surface area contributed by atoms with Gasteiger partial charge in [-0.2, -0.15) is 0 Å². The number of nitrogens with zero attached hydrogens (tertiary/aromatic N) is 1. The molecule has 2 N–H and O–H groups in total. The second kappa shape index (κ2) is 7.96. The monoisotopic (exact) mass is 427 g/mol. The number of ether oxygens (including phenoxy) is 1. The van der Waals surface area contributed by atoms with Gasteiger partial charge >= 0.3 is 0 Å². The van der Waals surface area contributed by atoms with E-state index >= 15 is 0 Å². The minimum atomic E-state index is -0.225. The lowest BCUT2D eigenvalue weighted by Crippen LogP contribution is -2.12. The van der Waals surface area contributed by atoms with Gasteiger partial charge in [-0.15, -0.1) is 22.7 Å². The first-order valence-corrected chi connectivity index (χ1v) is 11.0. The minimum absolute atomic E-state index is 0.0369. The van der Waals surface area contributed by atoms with Gasteiger partial charge in [0.2, 0.25) is 5.91 Å². The number of hydrogen-bond donors (Lipinski definition) is 2. The molecule has 1 aromatic carbocycles. The average molecular weight is 428 g/mol. The predicted octanol–water partition coefficient (Wildman–Crippen LogP) is 5.10. The molecule has 0 unspecified atom stereocenters. The predicted molar refractivity (Wildman–Crippen MR) is 117 cm³/mol. The zero-order valence-electron chi connectivity index (χ0n) is 16.4. The van der Waals surface area contributed by atoms with Gasteiger partial charge in [0.05, 0.1) is 22.7 Å². The van der Waals surface area contributed by atoms with Crippen molar-refractivity contribution >= 4 is 44.6 Å². The summed E-state index contributed by atoms with van der Waals surface area (Å²) in [5, 5.41) is 8.89. The van der Waals surface area contributed by atoms with Crippen molar-refractivity contribution in [3.8, 4) is 17.0 Å². The summed E-state index contributed by atoms with van der Waals surface area (Å²) in [6, 6.07) is 7.74. The highest BCUT2D eigenvalue weighted by molar-refractivity contribution is 7.18. The fraction of sp³-hybridized carbons (Fsp3) is 0.286. The van der Waals surface area contributed by atoms with Gasteiger partial charge in [0.15, 0.2) is 5.13 Å². The Kier molecular flexibility index (Phi) is 5.38. The first-order valence-electron chi connectivity index (χ1n) is 9.28. The Hall–Kier alpha value is -2.71. The fourth-order valence-electron chi connectivity index (χ4n) is 2.97. The first-order chi connectivity index (χ1) is 13.9. The third kappa shape index (κ3) is 4.33. The third-order valence-electron chi connectivity index (χ3n) is 4.67. The topological polar surface area (TPSA) is 80.3 Å². The van der Waals surface area contributed by atoms with Gasteiger partial charge in [0.1, 0.15) is 5.75 Å². The van der Waals surface area contributed by atoms with Gasteiger partial charge in [-0.05, 0) is 50.5 Å². The van der Waals surface area contributed by atoms with Crippen LogP contribution in [-0.2, 0) is 4.79 Å². The van der Waals surface area contributed by atoms with Crippen LogP contribution in [0, 0.1) is 19.8 Å². The van der Waals surface area contributed by atoms with Crippen molar-refractivity contribution in [2.24, 2.45) is 5.92 Å². The molecule has 3 aromatic rings. The number of methoxy groups -OCH3 is 1. The molecule has 29 heavy (non-hydrogen) atoms. The third-order valence-corrected chi connectivity index (χ3v) is 6.58. The van der Waals surface area contributed by atoms with Gasteiger partial charge in [-0.25, -0.2) is 4.98 Å². The van der Waals surface area contributed by atoms with Gasteiger partial charge in [-0.1, -0.05) is 11.6 Å². The van der Waals surface area contributed by atoms with E-state index in [-0.39, 0.29) is 17.7 Å². The van der Waals surface area contributed by atoms with Crippen LogP contribution >= 0.6 is 22.7 Å². The highest BCUT2D eigenvalue weighted by Crippen LogP contribution is 2.35. The van der Waals surface area contributed by atoms with Crippen LogP contribution < -0.4 is 15.4 Å². The molecular formula is C21H21N3O3S2. The van der Waals surface area contributed by atoms with Gasteiger partial charge < -0.3 is 10.1 Å². The second-order valence-corrected chi connectivity index (χ2v) is 8.99. The molecule has 1 fully saturated rings. The number of thiazole rings is 1. The summed E-state index contributed by atoms with van der Waals surface area (Å²) >= 11 is 2.65. The fourth-order valence-corrected chi connectivity index (χ4v) is 4.65. The van der Waals surface area contributed by atoms with Crippen LogP contribution in [-0.4, -0.2) is 23.9 Å². The van der Waals surface area contributed by atoms with E-state index < -0.39 is 0 Å². The Bertz CT molecular complexity index is 1080. The number of carbonyl (C=O) groups is 2. The van der Waals surface area contributed by atoms with E-state index in [1.807, 2.05) is 43.5 Å². The van der Waals surface area contributed by atoms with Crippen molar-refractivity contribution in [2.75, 3.05) is 17.7 Å². The molecule has 2 heterocycles. The lowest BCUT2D eigenvalue weighted by molar-refractivity contribution is -0.117. The summed E-state index contributed by atoms with van der Waals surface area (Å²) in [4.78, 5) is 29.8. The Morgan fingerprint density at radius 2 is 1.97 bits per heavy atom. The summed E-state index contributed by atoms with van der Waals surface area (Å²) in [6.07, 6.45) is 1.89. The van der Waals surface area contributed by atoms with Crippen molar-refractivity contribution in [3.63, 3.8) is 0 Å². The minimum Gasteiger partial charge on any atom is -0.496 e. The van der Waals surface area contributed by atoms with E-state index in [2.05, 4.69) is 15.6 Å². The number of benzene rings is 1. The van der Waals surface area contributed by atoms with Crippen molar-refractivity contribution < 1.29 is 14.3 Å². The molecular weight excluding hydrogens is 406 g/mol. The summed E-state index contributed by atoms with van der Waals surface area (Å²) < 4.78 is 5.43. The standard InChI is InChI=1S/C21H21N3O3S2/c1-11-4-7-16(27-3)14(8-11)15-10-28-21(22-15)24-20(26)18-12(2)9-17(29-18)23-19(25)13-5-6-13/h4,7-10,13H,5-6H2,1-3H3,(H,23,25)(H,22,24,26). The zero-order chi connectivity index (χ0) is 20.5. The number of nitrogens with one attached hydrogen (secondary N) is 2. The molecule has 0 aliphatic heterocycles. The lowest BCUT2D eigenvalue weighted by atomic mass is 10.1. The molecule has 2 amide bonds. The Morgan fingerprint density at radius 1 is 1.17 bits per heavy atom. The number of carbonyl (C=O) groups excluding carboxylic acids is 2. The highest BCUT2D eigenvalue weighted by Gasteiger charge is 2.30. The first kappa shape index (κ1) is 19.6. The van der Waals surface area contributed by atoms with Crippen molar-refractivity contribution in [3.05, 3.63) is 45.6 Å². The number of amides is 2. The van der Waals surface area contributed by atoms with E-state index in [0.717, 1.165) is 41.0 Å².